The number of aromatic nitrogens is 2. The van der Waals surface area contributed by atoms with Gasteiger partial charge in [0.2, 0.25) is 0 Å². The highest BCUT2D eigenvalue weighted by atomic mass is 15.2. The van der Waals surface area contributed by atoms with Gasteiger partial charge in [-0.2, -0.15) is 5.26 Å². The summed E-state index contributed by atoms with van der Waals surface area (Å²) in [6, 6.07) is 2.14. The van der Waals surface area contributed by atoms with E-state index in [0.29, 0.717) is 11.1 Å². The predicted molar refractivity (Wildman–Crippen MR) is 69.1 cm³/mol. The molecule has 18 heavy (non-hydrogen) atoms. The minimum absolute atomic E-state index is 0.458. The maximum absolute atomic E-state index is 9.07. The quantitative estimate of drug-likeness (QED) is 0.759. The molecule has 94 valence electrons. The van der Waals surface area contributed by atoms with E-state index in [9.17, 15) is 0 Å². The average Bonchev–Trinajstić information content (AvgIpc) is 2.88. The second kappa shape index (κ2) is 4.56. The van der Waals surface area contributed by atoms with E-state index < -0.39 is 0 Å². The fourth-order valence-corrected chi connectivity index (χ4v) is 3.46. The smallest absolute Gasteiger partial charge is 0.183 e. The number of piperidine rings is 1. The highest BCUT2D eigenvalue weighted by Gasteiger charge is 2.37. The minimum atomic E-state index is 0.458. The Labute approximate surface area is 108 Å². The van der Waals surface area contributed by atoms with Gasteiger partial charge >= 0.3 is 0 Å². The van der Waals surface area contributed by atoms with E-state index >= 15 is 0 Å². The Morgan fingerprint density at radius 3 is 2.39 bits per heavy atom. The van der Waals surface area contributed by atoms with E-state index in [0.717, 1.165) is 18.9 Å². The molecule has 2 aliphatic rings. The van der Waals surface area contributed by atoms with E-state index in [2.05, 4.69) is 20.9 Å². The Bertz CT molecular complexity index is 461. The highest BCUT2D eigenvalue weighted by Crippen LogP contribution is 2.46. The average molecular weight is 242 g/mol. The van der Waals surface area contributed by atoms with Gasteiger partial charge in [0.05, 0.1) is 0 Å². The first-order valence-corrected chi connectivity index (χ1v) is 6.79. The van der Waals surface area contributed by atoms with Crippen molar-refractivity contribution in [3.8, 4) is 6.07 Å². The number of hydrogen-bond acceptors (Lipinski definition) is 4. The lowest BCUT2D eigenvalue weighted by Crippen LogP contribution is -2.39. The zero-order chi connectivity index (χ0) is 12.4. The predicted octanol–water partition coefficient (Wildman–Crippen LogP) is 2.51. The van der Waals surface area contributed by atoms with Gasteiger partial charge in [-0.1, -0.05) is 12.8 Å². The van der Waals surface area contributed by atoms with E-state index in [4.69, 9.17) is 5.26 Å². The molecule has 4 heteroatoms. The molecular weight excluding hydrogens is 224 g/mol. The normalized spacial score (nSPS) is 22.1. The van der Waals surface area contributed by atoms with Gasteiger partial charge in [-0.05, 0) is 31.1 Å². The summed E-state index contributed by atoms with van der Waals surface area (Å²) >= 11 is 0. The summed E-state index contributed by atoms with van der Waals surface area (Å²) < 4.78 is 0. The van der Waals surface area contributed by atoms with Crippen molar-refractivity contribution in [1.82, 2.24) is 9.97 Å². The molecule has 0 amide bonds. The molecule has 0 radical (unpaired) electrons. The van der Waals surface area contributed by atoms with Crippen LogP contribution in [-0.4, -0.2) is 23.1 Å². The van der Waals surface area contributed by atoms with Gasteiger partial charge in [0.1, 0.15) is 6.07 Å². The molecule has 0 unspecified atom stereocenters. The van der Waals surface area contributed by atoms with Gasteiger partial charge in [0.25, 0.3) is 0 Å². The molecule has 0 N–H and O–H groups in total. The number of hydrogen-bond donors (Lipinski definition) is 0. The van der Waals surface area contributed by atoms with Crippen LogP contribution >= 0.6 is 0 Å². The van der Waals surface area contributed by atoms with Crippen LogP contribution in [0.3, 0.4) is 0 Å². The lowest BCUT2D eigenvalue weighted by atomic mass is 9.77. The molecule has 2 fully saturated rings. The van der Waals surface area contributed by atoms with Gasteiger partial charge in [-0.25, -0.2) is 9.97 Å². The van der Waals surface area contributed by atoms with Crippen molar-refractivity contribution in [2.24, 2.45) is 5.41 Å². The highest BCUT2D eigenvalue weighted by molar-refractivity contribution is 5.49. The van der Waals surface area contributed by atoms with Gasteiger partial charge in [0.15, 0.2) is 11.5 Å². The number of nitriles is 1. The topological polar surface area (TPSA) is 52.8 Å². The second-order valence-corrected chi connectivity index (χ2v) is 5.53. The Kier molecular flexibility index (Phi) is 2.91. The van der Waals surface area contributed by atoms with Crippen LogP contribution < -0.4 is 4.90 Å². The van der Waals surface area contributed by atoms with Crippen molar-refractivity contribution >= 4 is 5.82 Å². The monoisotopic (exact) mass is 242 g/mol. The summed E-state index contributed by atoms with van der Waals surface area (Å²) in [5.74, 6) is 0.771. The van der Waals surface area contributed by atoms with Crippen LogP contribution in [-0.2, 0) is 0 Å². The van der Waals surface area contributed by atoms with Crippen molar-refractivity contribution in [3.63, 3.8) is 0 Å². The third-order valence-corrected chi connectivity index (χ3v) is 4.57. The molecule has 0 aromatic carbocycles. The van der Waals surface area contributed by atoms with Crippen molar-refractivity contribution in [2.75, 3.05) is 18.0 Å². The van der Waals surface area contributed by atoms with Crippen molar-refractivity contribution in [1.29, 1.82) is 5.26 Å². The molecule has 1 aliphatic heterocycles. The molecule has 1 saturated heterocycles. The van der Waals surface area contributed by atoms with Crippen LogP contribution in [0.2, 0.25) is 0 Å². The first-order chi connectivity index (χ1) is 8.83. The van der Waals surface area contributed by atoms with Gasteiger partial charge in [0, 0.05) is 25.5 Å². The third-order valence-electron chi connectivity index (χ3n) is 4.57. The van der Waals surface area contributed by atoms with Crippen molar-refractivity contribution in [2.45, 2.75) is 38.5 Å². The Morgan fingerprint density at radius 2 is 1.72 bits per heavy atom. The molecule has 1 aromatic heterocycles. The summed E-state index contributed by atoms with van der Waals surface area (Å²) in [7, 11) is 0. The Hall–Kier alpha value is -1.63. The lowest BCUT2D eigenvalue weighted by molar-refractivity contribution is 0.226. The second-order valence-electron chi connectivity index (χ2n) is 5.53. The SMILES string of the molecule is N#Cc1nccnc1N1CCC2(CCCC2)CC1. The van der Waals surface area contributed by atoms with Crippen LogP contribution in [0.15, 0.2) is 12.4 Å². The summed E-state index contributed by atoms with van der Waals surface area (Å²) in [5, 5.41) is 9.07. The lowest BCUT2D eigenvalue weighted by Gasteiger charge is -2.39. The van der Waals surface area contributed by atoms with E-state index in [1.54, 1.807) is 12.4 Å². The van der Waals surface area contributed by atoms with Crippen LogP contribution in [0.4, 0.5) is 5.82 Å². The van der Waals surface area contributed by atoms with Crippen LogP contribution in [0, 0.1) is 16.7 Å². The maximum atomic E-state index is 9.07. The minimum Gasteiger partial charge on any atom is -0.354 e. The largest absolute Gasteiger partial charge is 0.354 e. The number of nitrogens with zero attached hydrogens (tertiary/aromatic N) is 4. The van der Waals surface area contributed by atoms with Crippen LogP contribution in [0.25, 0.3) is 0 Å². The van der Waals surface area contributed by atoms with E-state index in [-0.39, 0.29) is 0 Å². The summed E-state index contributed by atoms with van der Waals surface area (Å²) in [4.78, 5) is 10.7. The van der Waals surface area contributed by atoms with E-state index in [1.165, 1.54) is 38.5 Å². The first kappa shape index (κ1) is 11.5. The zero-order valence-electron chi connectivity index (χ0n) is 10.6. The zero-order valence-corrected chi connectivity index (χ0v) is 10.6. The van der Waals surface area contributed by atoms with Crippen LogP contribution in [0.5, 0.6) is 0 Å². The number of rotatable bonds is 1. The molecule has 1 saturated carbocycles. The summed E-state index contributed by atoms with van der Waals surface area (Å²) in [6.07, 6.45) is 11.3. The van der Waals surface area contributed by atoms with Crippen LogP contribution in [0.1, 0.15) is 44.2 Å². The molecule has 0 bridgehead atoms. The fraction of sp³-hybridized carbons (Fsp3) is 0.643. The third kappa shape index (κ3) is 1.94. The molecule has 1 spiro atoms. The number of anilines is 1. The standard InChI is InChI=1S/C14H18N4/c15-11-12-13(17-8-7-16-12)18-9-5-14(6-10-18)3-1-2-4-14/h7-8H,1-6,9-10H2. The Balaban J connectivity index is 1.74. The molecular formula is C14H18N4. The summed E-state index contributed by atoms with van der Waals surface area (Å²) in [6.45, 7) is 2.04. The molecule has 1 aliphatic carbocycles. The fourth-order valence-electron chi connectivity index (χ4n) is 3.46. The maximum Gasteiger partial charge on any atom is 0.183 e. The van der Waals surface area contributed by atoms with Gasteiger partial charge < -0.3 is 4.90 Å². The Morgan fingerprint density at radius 1 is 1.06 bits per heavy atom. The van der Waals surface area contributed by atoms with Gasteiger partial charge in [-0.15, -0.1) is 0 Å². The van der Waals surface area contributed by atoms with E-state index in [1.807, 2.05) is 0 Å². The van der Waals surface area contributed by atoms with Gasteiger partial charge in [-0.3, -0.25) is 0 Å². The molecule has 4 nitrogen and oxygen atoms in total. The molecule has 1 aromatic rings. The van der Waals surface area contributed by atoms with Crippen molar-refractivity contribution in [3.05, 3.63) is 18.1 Å². The first-order valence-electron chi connectivity index (χ1n) is 6.79. The molecule has 3 rings (SSSR count). The molecule has 0 atom stereocenters. The van der Waals surface area contributed by atoms with Crippen molar-refractivity contribution < 1.29 is 0 Å². The summed E-state index contributed by atoms with van der Waals surface area (Å²) in [5.41, 5.74) is 1.06. The molecule has 2 heterocycles.